The largest absolute Gasteiger partial charge is 0.294 e. The predicted molar refractivity (Wildman–Crippen MR) is 114 cm³/mol. The van der Waals surface area contributed by atoms with E-state index < -0.39 is 0 Å². The maximum atomic E-state index is 12.5. The van der Waals surface area contributed by atoms with Crippen molar-refractivity contribution in [3.63, 3.8) is 0 Å². The van der Waals surface area contributed by atoms with Gasteiger partial charge in [0.05, 0.1) is 5.25 Å². The second kappa shape index (κ2) is 8.04. The molecular weight excluding hydrogens is 390 g/mol. The number of hydrogen-bond acceptors (Lipinski definition) is 7. The molecule has 4 aromatic rings. The molecule has 0 spiro atoms. The molecule has 0 saturated heterocycles. The topological polar surface area (TPSA) is 80.7 Å². The van der Waals surface area contributed by atoms with Crippen molar-refractivity contribution < 1.29 is 4.79 Å². The summed E-state index contributed by atoms with van der Waals surface area (Å²) in [6.45, 7) is 3.71. The highest BCUT2D eigenvalue weighted by Gasteiger charge is 2.20. The fraction of sp³-hybridized carbons (Fsp3) is 0.150. The Kier molecular flexibility index (Phi) is 5.31. The molecule has 3 aromatic heterocycles. The molecule has 1 atom stereocenters. The van der Waals surface area contributed by atoms with Crippen LogP contribution in [0.1, 0.15) is 12.7 Å². The SMILES string of the molecule is Cc1nc(SC(C)C(=O)Nc2ncccn2)c2cc(-c3ccccc3)sc2n1. The number of rotatable bonds is 5. The monoisotopic (exact) mass is 407 g/mol. The highest BCUT2D eigenvalue weighted by atomic mass is 32.2. The Balaban J connectivity index is 1.61. The molecule has 0 aliphatic rings. The van der Waals surface area contributed by atoms with Gasteiger partial charge >= 0.3 is 0 Å². The third-order valence-corrected chi connectivity index (χ3v) is 6.17. The normalized spacial score (nSPS) is 12.1. The summed E-state index contributed by atoms with van der Waals surface area (Å²) in [6.07, 6.45) is 3.18. The maximum absolute atomic E-state index is 12.5. The van der Waals surface area contributed by atoms with Crippen LogP contribution in [0.3, 0.4) is 0 Å². The van der Waals surface area contributed by atoms with Gasteiger partial charge in [-0.2, -0.15) is 0 Å². The minimum absolute atomic E-state index is 0.167. The molecule has 4 rings (SSSR count). The van der Waals surface area contributed by atoms with Gasteiger partial charge < -0.3 is 0 Å². The van der Waals surface area contributed by atoms with Crippen LogP contribution in [-0.2, 0) is 4.79 Å². The molecule has 6 nitrogen and oxygen atoms in total. The number of hydrogen-bond donors (Lipinski definition) is 1. The summed E-state index contributed by atoms with van der Waals surface area (Å²) in [5.41, 5.74) is 1.14. The first kappa shape index (κ1) is 18.5. The highest BCUT2D eigenvalue weighted by molar-refractivity contribution is 8.00. The Morgan fingerprint density at radius 3 is 2.61 bits per heavy atom. The van der Waals surface area contributed by atoms with Crippen molar-refractivity contribution in [2.75, 3.05) is 5.32 Å². The average molecular weight is 408 g/mol. The van der Waals surface area contributed by atoms with Gasteiger partial charge in [0.2, 0.25) is 11.9 Å². The van der Waals surface area contributed by atoms with Crippen LogP contribution < -0.4 is 5.32 Å². The number of carbonyl (C=O) groups excluding carboxylic acids is 1. The number of aromatic nitrogens is 4. The molecule has 140 valence electrons. The second-order valence-corrected chi connectivity index (χ2v) is 8.45. The lowest BCUT2D eigenvalue weighted by atomic mass is 10.2. The van der Waals surface area contributed by atoms with Crippen LogP contribution in [0.4, 0.5) is 5.95 Å². The summed E-state index contributed by atoms with van der Waals surface area (Å²) in [7, 11) is 0. The number of thioether (sulfide) groups is 1. The van der Waals surface area contributed by atoms with Gasteiger partial charge in [-0.1, -0.05) is 42.1 Å². The zero-order valence-electron chi connectivity index (χ0n) is 15.3. The van der Waals surface area contributed by atoms with E-state index in [1.165, 1.54) is 11.8 Å². The number of anilines is 1. The van der Waals surface area contributed by atoms with Gasteiger partial charge in [-0.15, -0.1) is 11.3 Å². The molecule has 1 N–H and O–H groups in total. The van der Waals surface area contributed by atoms with Crippen molar-refractivity contribution >= 4 is 45.2 Å². The van der Waals surface area contributed by atoms with E-state index in [0.717, 1.165) is 25.7 Å². The van der Waals surface area contributed by atoms with Gasteiger partial charge in [0.15, 0.2) is 0 Å². The Hall–Kier alpha value is -2.84. The number of aryl methyl sites for hydroxylation is 1. The van der Waals surface area contributed by atoms with Crippen molar-refractivity contribution in [2.45, 2.75) is 24.1 Å². The van der Waals surface area contributed by atoms with Crippen molar-refractivity contribution in [2.24, 2.45) is 0 Å². The summed E-state index contributed by atoms with van der Waals surface area (Å²) in [5, 5.41) is 4.14. The van der Waals surface area contributed by atoms with Crippen LogP contribution in [0.2, 0.25) is 0 Å². The number of thiophene rings is 1. The molecule has 0 aliphatic carbocycles. The first-order valence-corrected chi connectivity index (χ1v) is 10.4. The molecule has 1 unspecified atom stereocenters. The zero-order chi connectivity index (χ0) is 19.5. The number of amides is 1. The maximum Gasteiger partial charge on any atom is 0.239 e. The Labute approximate surface area is 170 Å². The van der Waals surface area contributed by atoms with E-state index in [0.29, 0.717) is 11.8 Å². The fourth-order valence-electron chi connectivity index (χ4n) is 2.63. The Morgan fingerprint density at radius 2 is 1.86 bits per heavy atom. The molecule has 28 heavy (non-hydrogen) atoms. The molecule has 0 saturated carbocycles. The minimum Gasteiger partial charge on any atom is -0.294 e. The van der Waals surface area contributed by atoms with Gasteiger partial charge in [-0.05, 0) is 31.5 Å². The quantitative estimate of drug-likeness (QED) is 0.385. The number of nitrogens with one attached hydrogen (secondary N) is 1. The third kappa shape index (κ3) is 4.02. The standard InChI is InChI=1S/C20H17N5OS2/c1-12(17(26)25-20-21-9-6-10-22-20)27-18-15-11-16(14-7-4-3-5-8-14)28-19(15)24-13(2)23-18/h3-12H,1-2H3,(H,21,22,25,26). The summed E-state index contributed by atoms with van der Waals surface area (Å²) in [5.74, 6) is 0.820. The summed E-state index contributed by atoms with van der Waals surface area (Å²) < 4.78 is 0. The molecule has 0 bridgehead atoms. The number of benzene rings is 1. The number of carbonyl (C=O) groups is 1. The molecule has 0 radical (unpaired) electrons. The number of nitrogens with zero attached hydrogens (tertiary/aromatic N) is 4. The van der Waals surface area contributed by atoms with Crippen LogP contribution >= 0.6 is 23.1 Å². The van der Waals surface area contributed by atoms with Gasteiger partial charge in [0.1, 0.15) is 15.7 Å². The van der Waals surface area contributed by atoms with Crippen molar-refractivity contribution in [1.29, 1.82) is 0 Å². The molecule has 3 heterocycles. The van der Waals surface area contributed by atoms with E-state index in [1.54, 1.807) is 29.8 Å². The summed E-state index contributed by atoms with van der Waals surface area (Å²) >= 11 is 3.04. The van der Waals surface area contributed by atoms with Crippen molar-refractivity contribution in [3.05, 3.63) is 60.7 Å². The average Bonchev–Trinajstić information content (AvgIpc) is 3.13. The van der Waals surface area contributed by atoms with Gasteiger partial charge in [-0.3, -0.25) is 10.1 Å². The van der Waals surface area contributed by atoms with E-state index in [4.69, 9.17) is 0 Å². The highest BCUT2D eigenvalue weighted by Crippen LogP contribution is 2.37. The Morgan fingerprint density at radius 1 is 1.11 bits per heavy atom. The van der Waals surface area contributed by atoms with E-state index in [-0.39, 0.29) is 11.2 Å². The van der Waals surface area contributed by atoms with Crippen LogP contribution in [0.15, 0.2) is 59.9 Å². The van der Waals surface area contributed by atoms with Gasteiger partial charge in [0, 0.05) is 22.7 Å². The molecular formula is C20H17N5OS2. The Bertz CT molecular complexity index is 1120. The van der Waals surface area contributed by atoms with E-state index in [9.17, 15) is 4.79 Å². The fourth-order valence-corrected chi connectivity index (χ4v) is 4.74. The lowest BCUT2D eigenvalue weighted by molar-refractivity contribution is -0.115. The van der Waals surface area contributed by atoms with Crippen molar-refractivity contribution in [1.82, 2.24) is 19.9 Å². The first-order valence-electron chi connectivity index (χ1n) is 8.68. The summed E-state index contributed by atoms with van der Waals surface area (Å²) in [6, 6.07) is 14.0. The molecule has 0 aliphatic heterocycles. The molecule has 1 aromatic carbocycles. The zero-order valence-corrected chi connectivity index (χ0v) is 16.9. The minimum atomic E-state index is -0.360. The lowest BCUT2D eigenvalue weighted by Gasteiger charge is -2.11. The number of fused-ring (bicyclic) bond motifs is 1. The van der Waals surface area contributed by atoms with E-state index in [1.807, 2.05) is 32.0 Å². The third-order valence-electron chi connectivity index (χ3n) is 3.99. The second-order valence-electron chi connectivity index (χ2n) is 6.09. The lowest BCUT2D eigenvalue weighted by Crippen LogP contribution is -2.23. The first-order chi connectivity index (χ1) is 13.6. The van der Waals surface area contributed by atoms with Crippen molar-refractivity contribution in [3.8, 4) is 10.4 Å². The van der Waals surface area contributed by atoms with Crippen LogP contribution in [0.5, 0.6) is 0 Å². The van der Waals surface area contributed by atoms with Gasteiger partial charge in [0.25, 0.3) is 0 Å². The molecule has 8 heteroatoms. The van der Waals surface area contributed by atoms with Crippen LogP contribution in [0.25, 0.3) is 20.7 Å². The van der Waals surface area contributed by atoms with Gasteiger partial charge in [-0.25, -0.2) is 19.9 Å². The van der Waals surface area contributed by atoms with E-state index >= 15 is 0 Å². The molecule has 0 fully saturated rings. The smallest absolute Gasteiger partial charge is 0.239 e. The molecule has 1 amide bonds. The van der Waals surface area contributed by atoms with E-state index in [2.05, 4.69) is 43.5 Å². The van der Waals surface area contributed by atoms with Crippen LogP contribution in [0, 0.1) is 6.92 Å². The predicted octanol–water partition coefficient (Wildman–Crippen LogP) is 4.58. The summed E-state index contributed by atoms with van der Waals surface area (Å²) in [4.78, 5) is 31.8. The van der Waals surface area contributed by atoms with Crippen LogP contribution in [-0.4, -0.2) is 31.1 Å².